The second-order valence-corrected chi connectivity index (χ2v) is 8.78. The molecule has 3 fully saturated rings. The maximum Gasteiger partial charge on any atom is 0.144 e. The summed E-state index contributed by atoms with van der Waals surface area (Å²) in [5.41, 5.74) is 1.76. The molecule has 7 atom stereocenters. The van der Waals surface area contributed by atoms with Crippen molar-refractivity contribution in [3.63, 3.8) is 0 Å². The van der Waals surface area contributed by atoms with Crippen molar-refractivity contribution < 1.29 is 10.2 Å². The van der Waals surface area contributed by atoms with Gasteiger partial charge in [-0.3, -0.25) is 0 Å². The van der Waals surface area contributed by atoms with E-state index in [1.54, 1.807) is 0 Å². The average Bonchev–Trinajstić information content (AvgIpc) is 2.91. The number of hydrogen-bond donors (Lipinski definition) is 2. The van der Waals surface area contributed by atoms with Gasteiger partial charge in [-0.25, -0.2) is 0 Å². The zero-order valence-electron chi connectivity index (χ0n) is 14.8. The van der Waals surface area contributed by atoms with E-state index in [4.69, 9.17) is 6.42 Å². The molecule has 2 N–H and O–H groups in total. The van der Waals surface area contributed by atoms with Crippen molar-refractivity contribution >= 4 is 0 Å². The van der Waals surface area contributed by atoms with Crippen LogP contribution in [0.5, 0.6) is 0 Å². The highest BCUT2D eigenvalue weighted by Crippen LogP contribution is 2.64. The molecular weight excluding hydrogens is 296 g/mol. The third kappa shape index (κ3) is 2.11. The van der Waals surface area contributed by atoms with Gasteiger partial charge >= 0.3 is 0 Å². The first kappa shape index (κ1) is 16.4. The van der Waals surface area contributed by atoms with Crippen LogP contribution in [0.15, 0.2) is 23.8 Å². The topological polar surface area (TPSA) is 40.5 Å². The van der Waals surface area contributed by atoms with Crippen LogP contribution in [0, 0.1) is 41.4 Å². The molecule has 0 aliphatic heterocycles. The van der Waals surface area contributed by atoms with Crippen LogP contribution in [0.1, 0.15) is 58.3 Å². The van der Waals surface area contributed by atoms with Crippen LogP contribution in [0.25, 0.3) is 0 Å². The average molecular weight is 326 g/mol. The van der Waals surface area contributed by atoms with Crippen molar-refractivity contribution in [2.24, 2.45) is 29.1 Å². The molecule has 2 nitrogen and oxygen atoms in total. The fraction of sp³-hybridized carbons (Fsp3) is 0.727. The Morgan fingerprint density at radius 2 is 2.12 bits per heavy atom. The highest BCUT2D eigenvalue weighted by atomic mass is 16.3. The zero-order chi connectivity index (χ0) is 17.1. The molecule has 0 aromatic rings. The number of aliphatic hydroxyl groups is 2. The summed E-state index contributed by atoms with van der Waals surface area (Å²) in [6.07, 6.45) is 15.4. The number of terminal acetylenes is 1. The van der Waals surface area contributed by atoms with Gasteiger partial charge in [0.1, 0.15) is 5.60 Å². The lowest BCUT2D eigenvalue weighted by atomic mass is 9.49. The Hall–Kier alpha value is -1.04. The van der Waals surface area contributed by atoms with Gasteiger partial charge in [0.15, 0.2) is 0 Å². The molecule has 0 aromatic heterocycles. The molecule has 2 heteroatoms. The van der Waals surface area contributed by atoms with E-state index in [9.17, 15) is 10.2 Å². The summed E-state index contributed by atoms with van der Waals surface area (Å²) in [5.74, 6) is 4.92. The maximum absolute atomic E-state index is 10.7. The lowest BCUT2D eigenvalue weighted by Crippen LogP contribution is -2.50. The SMILES string of the molecule is C#CC1(O)C=C2CC[C@@H]3[C@H](C(=C)C[C@]4(CC)[C@@H](O)CC[C@@H]34)[C@H]2CC1. The van der Waals surface area contributed by atoms with Crippen LogP contribution < -0.4 is 0 Å². The molecular formula is C22H30O2. The molecule has 1 unspecified atom stereocenters. The minimum Gasteiger partial charge on any atom is -0.393 e. The Morgan fingerprint density at radius 3 is 2.83 bits per heavy atom. The summed E-state index contributed by atoms with van der Waals surface area (Å²) in [4.78, 5) is 0. The van der Waals surface area contributed by atoms with E-state index in [1.807, 2.05) is 6.08 Å². The molecule has 0 aromatic carbocycles. The molecule has 24 heavy (non-hydrogen) atoms. The van der Waals surface area contributed by atoms with Gasteiger partial charge in [-0.05, 0) is 81.1 Å². The van der Waals surface area contributed by atoms with Gasteiger partial charge in [0.25, 0.3) is 0 Å². The molecule has 4 aliphatic rings. The van der Waals surface area contributed by atoms with Crippen LogP contribution >= 0.6 is 0 Å². The number of hydrogen-bond acceptors (Lipinski definition) is 2. The summed E-state index contributed by atoms with van der Waals surface area (Å²) in [5, 5.41) is 21.2. The van der Waals surface area contributed by atoms with Gasteiger partial charge in [0, 0.05) is 5.41 Å². The third-order valence-electron chi connectivity index (χ3n) is 8.00. The van der Waals surface area contributed by atoms with Crippen LogP contribution in [0.2, 0.25) is 0 Å². The van der Waals surface area contributed by atoms with Crippen LogP contribution in [0.4, 0.5) is 0 Å². The van der Waals surface area contributed by atoms with E-state index in [2.05, 4.69) is 19.4 Å². The van der Waals surface area contributed by atoms with Crippen molar-refractivity contribution in [2.45, 2.75) is 70.0 Å². The van der Waals surface area contributed by atoms with Crippen LogP contribution in [0.3, 0.4) is 0 Å². The summed E-state index contributed by atoms with van der Waals surface area (Å²) >= 11 is 0. The number of fused-ring (bicyclic) bond motifs is 5. The second-order valence-electron chi connectivity index (χ2n) is 8.78. The Bertz CT molecular complexity index is 626. The largest absolute Gasteiger partial charge is 0.393 e. The standard InChI is InChI=1S/C22H30O2/c1-4-21(24)11-10-16-15(13-21)6-7-17-18-8-9-19(23)22(18,5-2)12-14(3)20(16)17/h1,13,16-20,23-24H,3,5-12H2,2H3/t16-,17-,18-,19-,20+,21?,22-/m0/s1. The Balaban J connectivity index is 1.69. The Morgan fingerprint density at radius 1 is 1.33 bits per heavy atom. The normalized spacial score (nSPS) is 50.3. The summed E-state index contributed by atoms with van der Waals surface area (Å²) in [6.45, 7) is 6.74. The molecule has 3 saturated carbocycles. The van der Waals surface area contributed by atoms with Gasteiger partial charge in [-0.15, -0.1) is 6.42 Å². The maximum atomic E-state index is 10.7. The fourth-order valence-corrected chi connectivity index (χ4v) is 6.89. The molecule has 0 bridgehead atoms. The van der Waals surface area contributed by atoms with E-state index in [1.165, 1.54) is 17.6 Å². The highest BCUT2D eigenvalue weighted by Gasteiger charge is 2.58. The van der Waals surface area contributed by atoms with Crippen LogP contribution in [-0.2, 0) is 0 Å². The molecule has 130 valence electrons. The van der Waals surface area contributed by atoms with Crippen molar-refractivity contribution in [3.8, 4) is 12.3 Å². The third-order valence-corrected chi connectivity index (χ3v) is 8.00. The molecule has 0 heterocycles. The first-order valence-corrected chi connectivity index (χ1v) is 9.71. The van der Waals surface area contributed by atoms with Crippen molar-refractivity contribution in [3.05, 3.63) is 23.8 Å². The number of aliphatic hydroxyl groups excluding tert-OH is 1. The summed E-state index contributed by atoms with van der Waals surface area (Å²) in [7, 11) is 0. The van der Waals surface area contributed by atoms with Gasteiger partial charge in [0.05, 0.1) is 6.10 Å². The van der Waals surface area contributed by atoms with E-state index < -0.39 is 5.60 Å². The zero-order valence-corrected chi connectivity index (χ0v) is 14.8. The van der Waals surface area contributed by atoms with E-state index in [-0.39, 0.29) is 11.5 Å². The second kappa shape index (κ2) is 5.48. The number of rotatable bonds is 1. The van der Waals surface area contributed by atoms with E-state index >= 15 is 0 Å². The number of allylic oxidation sites excluding steroid dienone is 2. The van der Waals surface area contributed by atoms with Gasteiger partial charge in [-0.1, -0.05) is 30.6 Å². The smallest absolute Gasteiger partial charge is 0.144 e. The molecule has 4 aliphatic carbocycles. The summed E-state index contributed by atoms with van der Waals surface area (Å²) < 4.78 is 0. The molecule has 4 rings (SSSR count). The quantitative estimate of drug-likeness (QED) is 0.568. The minimum atomic E-state index is -1.04. The van der Waals surface area contributed by atoms with Crippen molar-refractivity contribution in [1.82, 2.24) is 0 Å². The molecule has 0 spiro atoms. The van der Waals surface area contributed by atoms with Gasteiger partial charge in [-0.2, -0.15) is 0 Å². The first-order chi connectivity index (χ1) is 11.4. The predicted octanol–water partition coefficient (Wildman–Crippen LogP) is 3.84. The Labute approximate surface area is 146 Å². The monoisotopic (exact) mass is 326 g/mol. The first-order valence-electron chi connectivity index (χ1n) is 9.71. The predicted molar refractivity (Wildman–Crippen MR) is 96.0 cm³/mol. The van der Waals surface area contributed by atoms with Crippen molar-refractivity contribution in [2.75, 3.05) is 0 Å². The van der Waals surface area contributed by atoms with E-state index in [0.29, 0.717) is 30.1 Å². The van der Waals surface area contributed by atoms with Crippen molar-refractivity contribution in [1.29, 1.82) is 0 Å². The van der Waals surface area contributed by atoms with E-state index in [0.717, 1.165) is 38.5 Å². The van der Waals surface area contributed by atoms with Gasteiger partial charge in [0.2, 0.25) is 0 Å². The molecule has 0 radical (unpaired) electrons. The minimum absolute atomic E-state index is 0.0771. The Kier molecular flexibility index (Phi) is 3.75. The lowest BCUT2D eigenvalue weighted by Gasteiger charge is -2.55. The lowest BCUT2D eigenvalue weighted by molar-refractivity contribution is -0.0436. The molecule has 0 saturated heterocycles. The van der Waals surface area contributed by atoms with Gasteiger partial charge < -0.3 is 10.2 Å². The highest BCUT2D eigenvalue weighted by molar-refractivity contribution is 5.33. The molecule has 0 amide bonds. The fourth-order valence-electron chi connectivity index (χ4n) is 6.89. The van der Waals surface area contributed by atoms with Crippen LogP contribution in [-0.4, -0.2) is 21.9 Å². The summed E-state index contributed by atoms with van der Waals surface area (Å²) in [6, 6.07) is 0.